The molecule has 14 nitrogen and oxygen atoms in total. The molecule has 0 aromatic carbocycles. The number of aliphatic hydroxyl groups excluding tert-OH is 2. The van der Waals surface area contributed by atoms with Crippen LogP contribution < -0.4 is 5.32 Å². The number of halogens is 1. The van der Waals surface area contributed by atoms with E-state index >= 15 is 0 Å². The predicted octanol–water partition coefficient (Wildman–Crippen LogP) is 0.0184. The third-order valence-electron chi connectivity index (χ3n) is 5.97. The monoisotopic (exact) mass is 555 g/mol. The molecule has 2 aromatic heterocycles. The van der Waals surface area contributed by atoms with Crippen LogP contribution >= 0.6 is 19.2 Å². The summed E-state index contributed by atoms with van der Waals surface area (Å²) in [4.78, 5) is 27.3. The molecule has 4 rings (SSSR count). The molecule has 0 unspecified atom stereocenters. The maximum atomic E-state index is 11.7. The number of hydrogen-bond donors (Lipinski definition) is 5. The first-order valence-corrected chi connectivity index (χ1v) is 15.0. The van der Waals surface area contributed by atoms with E-state index in [1.54, 1.807) is 0 Å². The van der Waals surface area contributed by atoms with E-state index in [1.807, 2.05) is 0 Å². The molecular weight excluding hydrogens is 529 g/mol. The number of aliphatic hydroxyl groups is 2. The minimum Gasteiger partial charge on any atom is -0.387 e. The van der Waals surface area contributed by atoms with Gasteiger partial charge in [-0.1, -0.05) is 12.8 Å². The number of rotatable bonds is 9. The first-order valence-electron chi connectivity index (χ1n) is 10.9. The second kappa shape index (κ2) is 10.1. The average molecular weight is 556 g/mol. The SMILES string of the molecule is CS(=O)(=O)C[C@H](OC[C@H]1O[C@@H](n2ncc3c(NC4CCCC4)nc(Cl)nc32)[C@H](O)[C@@H]1O)P(=O)(O)O. The summed E-state index contributed by atoms with van der Waals surface area (Å²) in [5, 5.41) is 29.1. The van der Waals surface area contributed by atoms with E-state index in [9.17, 15) is 33.0 Å². The van der Waals surface area contributed by atoms with E-state index in [2.05, 4.69) is 20.4 Å². The van der Waals surface area contributed by atoms with Gasteiger partial charge in [0.05, 0.1) is 23.9 Å². The Hall–Kier alpha value is -1.42. The topological polar surface area (TPSA) is 206 Å². The second-order valence-electron chi connectivity index (χ2n) is 8.81. The Morgan fingerprint density at radius 2 is 1.97 bits per heavy atom. The van der Waals surface area contributed by atoms with E-state index in [0.29, 0.717) is 11.2 Å². The number of fused-ring (bicyclic) bond motifs is 1. The predicted molar refractivity (Wildman–Crippen MR) is 124 cm³/mol. The van der Waals surface area contributed by atoms with Gasteiger partial charge in [0.15, 0.2) is 27.6 Å². The molecule has 196 valence electrons. The number of aromatic nitrogens is 4. The molecule has 1 saturated heterocycles. The Kier molecular flexibility index (Phi) is 7.72. The molecular formula is C18H27ClN5O9PS. The van der Waals surface area contributed by atoms with Crippen LogP contribution in [-0.2, 0) is 23.9 Å². The number of nitrogens with zero attached hydrogens (tertiary/aromatic N) is 4. The largest absolute Gasteiger partial charge is 0.387 e. The minimum absolute atomic E-state index is 0.0575. The number of nitrogens with one attached hydrogen (secondary N) is 1. The molecule has 0 spiro atoms. The van der Waals surface area contributed by atoms with E-state index < -0.39 is 60.2 Å². The summed E-state index contributed by atoms with van der Waals surface area (Å²) in [5.74, 6) is -2.40. The summed E-state index contributed by atoms with van der Waals surface area (Å²) < 4.78 is 46.7. The van der Waals surface area contributed by atoms with Crippen molar-refractivity contribution in [1.29, 1.82) is 0 Å². The van der Waals surface area contributed by atoms with Crippen LogP contribution in [0, 0.1) is 0 Å². The van der Waals surface area contributed by atoms with E-state index in [1.165, 1.54) is 10.9 Å². The van der Waals surface area contributed by atoms with E-state index in [0.717, 1.165) is 31.9 Å². The second-order valence-corrected chi connectivity index (χ2v) is 13.1. The zero-order valence-electron chi connectivity index (χ0n) is 18.6. The van der Waals surface area contributed by atoms with Gasteiger partial charge in [0.2, 0.25) is 5.28 Å². The van der Waals surface area contributed by atoms with Crippen LogP contribution in [0.1, 0.15) is 31.9 Å². The van der Waals surface area contributed by atoms with Gasteiger partial charge in [0.25, 0.3) is 0 Å². The highest BCUT2D eigenvalue weighted by molar-refractivity contribution is 7.91. The first-order chi connectivity index (χ1) is 16.3. The summed E-state index contributed by atoms with van der Waals surface area (Å²) in [7, 11) is -8.72. The minimum atomic E-state index is -4.94. The molecule has 3 heterocycles. The highest BCUT2D eigenvalue weighted by Crippen LogP contribution is 2.43. The molecule has 1 aliphatic heterocycles. The number of sulfone groups is 1. The Morgan fingerprint density at radius 3 is 2.60 bits per heavy atom. The van der Waals surface area contributed by atoms with E-state index in [4.69, 9.17) is 21.1 Å². The standard InChI is InChI=1S/C18H27ClN5O9PS/c1-35(30,31)8-12(34(27,28)29)32-7-11-13(25)14(26)17(33-11)24-16-10(6-20-24)15(22-18(19)23-16)21-9-4-2-3-5-9/h6,9,11-14,17,25-26H,2-5,7-8H2,1H3,(H,21,22,23)(H2,27,28,29)/t11-,12-,13-,14-,17-/m1/s1. The van der Waals surface area contributed by atoms with Gasteiger partial charge in [0, 0.05) is 12.3 Å². The third kappa shape index (κ3) is 6.12. The van der Waals surface area contributed by atoms with Gasteiger partial charge in [-0.05, 0) is 24.4 Å². The van der Waals surface area contributed by atoms with Gasteiger partial charge in [-0.15, -0.1) is 0 Å². The lowest BCUT2D eigenvalue weighted by molar-refractivity contribution is -0.0738. The molecule has 1 saturated carbocycles. The normalized spacial score (nSPS) is 27.0. The van der Waals surface area contributed by atoms with Crippen molar-refractivity contribution >= 4 is 45.9 Å². The summed E-state index contributed by atoms with van der Waals surface area (Å²) >= 11 is 6.12. The molecule has 2 aliphatic rings. The maximum absolute atomic E-state index is 11.7. The van der Waals surface area contributed by atoms with Crippen molar-refractivity contribution in [2.45, 2.75) is 62.1 Å². The molecule has 35 heavy (non-hydrogen) atoms. The Labute approximate surface area is 205 Å². The Morgan fingerprint density at radius 1 is 1.29 bits per heavy atom. The molecule has 5 atom stereocenters. The molecule has 0 bridgehead atoms. The molecule has 0 radical (unpaired) electrons. The van der Waals surface area contributed by atoms with E-state index in [-0.39, 0.29) is 17.0 Å². The molecule has 1 aliphatic carbocycles. The lowest BCUT2D eigenvalue weighted by Crippen LogP contribution is -2.36. The zero-order valence-corrected chi connectivity index (χ0v) is 21.1. The van der Waals surface area contributed by atoms with Crippen molar-refractivity contribution < 1.29 is 42.5 Å². The van der Waals surface area contributed by atoms with Crippen molar-refractivity contribution in [3.63, 3.8) is 0 Å². The van der Waals surface area contributed by atoms with Crippen LogP contribution in [-0.4, -0.2) is 97.0 Å². The lowest BCUT2D eigenvalue weighted by atomic mass is 10.1. The van der Waals surface area contributed by atoms with Crippen molar-refractivity contribution in [2.24, 2.45) is 0 Å². The molecule has 5 N–H and O–H groups in total. The van der Waals surface area contributed by atoms with Crippen LogP contribution in [0.2, 0.25) is 5.28 Å². The molecule has 17 heteroatoms. The zero-order chi connectivity index (χ0) is 25.5. The summed E-state index contributed by atoms with van der Waals surface area (Å²) in [6.07, 6.45) is 0.982. The highest BCUT2D eigenvalue weighted by atomic mass is 35.5. The maximum Gasteiger partial charge on any atom is 0.355 e. The fraction of sp³-hybridized carbons (Fsp3) is 0.722. The summed E-state index contributed by atoms with van der Waals surface area (Å²) in [5.41, 5.74) is 0.244. The van der Waals surface area contributed by atoms with Crippen molar-refractivity contribution in [3.8, 4) is 0 Å². The summed E-state index contributed by atoms with van der Waals surface area (Å²) in [6.45, 7) is -0.594. The number of anilines is 1. The van der Waals surface area contributed by atoms with Crippen LogP contribution in [0.5, 0.6) is 0 Å². The number of ether oxygens (including phenoxy) is 2. The van der Waals surface area contributed by atoms with Crippen molar-refractivity contribution in [2.75, 3.05) is 23.9 Å². The van der Waals surface area contributed by atoms with Gasteiger partial charge in [-0.2, -0.15) is 15.1 Å². The van der Waals surface area contributed by atoms with Crippen molar-refractivity contribution in [3.05, 3.63) is 11.5 Å². The van der Waals surface area contributed by atoms with Gasteiger partial charge in [0.1, 0.15) is 24.1 Å². The van der Waals surface area contributed by atoms with Crippen molar-refractivity contribution in [1.82, 2.24) is 19.7 Å². The van der Waals surface area contributed by atoms with Crippen LogP contribution in [0.25, 0.3) is 11.0 Å². The smallest absolute Gasteiger partial charge is 0.355 e. The lowest BCUT2D eigenvalue weighted by Gasteiger charge is -2.21. The quantitative estimate of drug-likeness (QED) is 0.204. The van der Waals surface area contributed by atoms with Gasteiger partial charge < -0.3 is 34.8 Å². The average Bonchev–Trinajstić information content (AvgIpc) is 3.45. The number of hydrogen-bond acceptors (Lipinski definition) is 11. The van der Waals surface area contributed by atoms with Crippen LogP contribution in [0.3, 0.4) is 0 Å². The van der Waals surface area contributed by atoms with Gasteiger partial charge >= 0.3 is 7.60 Å². The van der Waals surface area contributed by atoms with Crippen LogP contribution in [0.15, 0.2) is 6.20 Å². The van der Waals surface area contributed by atoms with Crippen LogP contribution in [0.4, 0.5) is 5.82 Å². The third-order valence-corrected chi connectivity index (χ3v) is 8.38. The molecule has 0 amide bonds. The fourth-order valence-electron chi connectivity index (χ4n) is 4.23. The first kappa shape index (κ1) is 26.6. The Balaban J connectivity index is 1.53. The molecule has 2 aromatic rings. The fourth-order valence-corrected chi connectivity index (χ4v) is 6.88. The Bertz CT molecular complexity index is 1220. The molecule has 2 fully saturated rings. The summed E-state index contributed by atoms with van der Waals surface area (Å²) in [6, 6.07) is 0.234. The van der Waals surface area contributed by atoms with Gasteiger partial charge in [-0.3, -0.25) is 4.57 Å². The van der Waals surface area contributed by atoms with Gasteiger partial charge in [-0.25, -0.2) is 13.1 Å². The highest BCUT2D eigenvalue weighted by Gasteiger charge is 2.46.